The fraction of sp³-hybridized carbons (Fsp3) is 0. The van der Waals surface area contributed by atoms with Crippen LogP contribution in [-0.2, 0) is 0 Å². The molecule has 0 bridgehead atoms. The molecule has 15 heavy (non-hydrogen) atoms. The Morgan fingerprint density at radius 1 is 1.27 bits per heavy atom. The van der Waals surface area contributed by atoms with Gasteiger partial charge >= 0.3 is 10.2 Å². The number of nitrogens with zero attached hydrogens (tertiary/aromatic N) is 4. The van der Waals surface area contributed by atoms with E-state index in [0.29, 0.717) is 6.07 Å². The summed E-state index contributed by atoms with van der Waals surface area (Å²) in [6.07, 6.45) is 0.816. The van der Waals surface area contributed by atoms with Crippen molar-refractivity contribution in [2.75, 3.05) is 0 Å². The topological polar surface area (TPSA) is 61.7 Å². The Kier molecular flexibility index (Phi) is 1.94. The second-order valence-corrected chi connectivity index (χ2v) is 4.86. The average Bonchev–Trinajstić information content (AvgIpc) is 2.01. The van der Waals surface area contributed by atoms with Crippen molar-refractivity contribution >= 4 is 16.0 Å². The number of azide groups is 1. The van der Waals surface area contributed by atoms with Crippen molar-refractivity contribution in [3.05, 3.63) is 28.8 Å². The second-order valence-electron chi connectivity index (χ2n) is 2.48. The first-order chi connectivity index (χ1) is 6.54. The van der Waals surface area contributed by atoms with Crippen molar-refractivity contribution in [2.45, 2.75) is 4.90 Å². The van der Waals surface area contributed by atoms with Crippen LogP contribution < -0.4 is 0 Å². The first kappa shape index (κ1) is 11.5. The first-order valence-electron chi connectivity index (χ1n) is 3.29. The Morgan fingerprint density at radius 3 is 2.33 bits per heavy atom. The first-order valence-corrected chi connectivity index (χ1v) is 5.24. The highest BCUT2D eigenvalue weighted by Gasteiger charge is 2.66. The lowest BCUT2D eigenvalue weighted by Gasteiger charge is -2.40. The van der Waals surface area contributed by atoms with Crippen LogP contribution in [0.4, 0.5) is 25.2 Å². The monoisotopic (exact) mass is 246 g/mol. The van der Waals surface area contributed by atoms with Crippen molar-refractivity contribution < 1.29 is 19.4 Å². The molecule has 1 aromatic rings. The van der Waals surface area contributed by atoms with Crippen LogP contribution >= 0.6 is 10.2 Å². The minimum Gasteiger partial charge on any atom is -0.253 e. The summed E-state index contributed by atoms with van der Waals surface area (Å²) in [4.78, 5) is 2.64. The lowest BCUT2D eigenvalue weighted by atomic mass is 10.5. The molecule has 0 N–H and O–H groups in total. The molecule has 1 rings (SSSR count). The summed E-state index contributed by atoms with van der Waals surface area (Å²) < 4.78 is 61.5. The summed E-state index contributed by atoms with van der Waals surface area (Å²) in [6, 6.07) is 0.808. The maximum absolute atomic E-state index is 12.3. The minimum atomic E-state index is -9.85. The summed E-state index contributed by atoms with van der Waals surface area (Å²) in [7, 11) is -9.85. The second kappa shape index (κ2) is 2.52. The van der Waals surface area contributed by atoms with Crippen LogP contribution in [0.3, 0.4) is 0 Å². The van der Waals surface area contributed by atoms with Crippen LogP contribution in [0.2, 0.25) is 0 Å². The van der Waals surface area contributed by atoms with Gasteiger partial charge in [-0.2, -0.15) is 0 Å². The molecule has 0 aromatic carbocycles. The van der Waals surface area contributed by atoms with Gasteiger partial charge in [-0.1, -0.05) is 19.4 Å². The van der Waals surface area contributed by atoms with Crippen molar-refractivity contribution in [1.82, 2.24) is 4.98 Å². The standard InChI is InChI=1S/C5H3F5N4S/c6-15(7,8,9,10)4-2-1-3-12-5(4)13-14-11/h1-3H. The summed E-state index contributed by atoms with van der Waals surface area (Å²) in [5.74, 6) is -1.38. The summed E-state index contributed by atoms with van der Waals surface area (Å²) in [6.45, 7) is 0. The maximum Gasteiger partial charge on any atom is 0.312 e. The zero-order chi connectivity index (χ0) is 11.8. The average molecular weight is 246 g/mol. The van der Waals surface area contributed by atoms with Crippen LogP contribution in [0.15, 0.2) is 28.3 Å². The molecule has 0 unspecified atom stereocenters. The molecule has 84 valence electrons. The van der Waals surface area contributed by atoms with Gasteiger partial charge in [0.1, 0.15) is 10.7 Å². The van der Waals surface area contributed by atoms with E-state index >= 15 is 0 Å². The van der Waals surface area contributed by atoms with Gasteiger partial charge in [0.2, 0.25) is 0 Å². The lowest BCUT2D eigenvalue weighted by molar-refractivity contribution is 0.364. The fourth-order valence-corrected chi connectivity index (χ4v) is 1.58. The van der Waals surface area contributed by atoms with E-state index in [2.05, 4.69) is 10.1 Å². The molecule has 0 spiro atoms. The van der Waals surface area contributed by atoms with E-state index in [1.807, 2.05) is 4.91 Å². The third-order valence-electron chi connectivity index (χ3n) is 1.31. The molecule has 0 amide bonds. The summed E-state index contributed by atoms with van der Waals surface area (Å²) in [5.41, 5.74) is 7.90. The van der Waals surface area contributed by atoms with Crippen LogP contribution in [-0.4, -0.2) is 4.98 Å². The highest BCUT2D eigenvalue weighted by atomic mass is 32.5. The number of halogens is 5. The molecule has 1 aromatic heterocycles. The van der Waals surface area contributed by atoms with E-state index in [-0.39, 0.29) is 6.07 Å². The van der Waals surface area contributed by atoms with E-state index in [1.165, 1.54) is 0 Å². The minimum absolute atomic E-state index is 0.124. The quantitative estimate of drug-likeness (QED) is 0.323. The third kappa shape index (κ3) is 2.70. The summed E-state index contributed by atoms with van der Waals surface area (Å²) >= 11 is 0. The smallest absolute Gasteiger partial charge is 0.253 e. The number of hydrogen-bond acceptors (Lipinski definition) is 2. The molecule has 1 heterocycles. The molecule has 0 aliphatic rings. The number of hydrogen-bond donors (Lipinski definition) is 0. The van der Waals surface area contributed by atoms with Gasteiger partial charge in [0.25, 0.3) is 0 Å². The zero-order valence-electron chi connectivity index (χ0n) is 6.82. The molecule has 4 nitrogen and oxygen atoms in total. The van der Waals surface area contributed by atoms with Gasteiger partial charge in [-0.25, -0.2) is 0 Å². The molecule has 0 aliphatic heterocycles. The Bertz CT molecular complexity index is 447. The van der Waals surface area contributed by atoms with Crippen LogP contribution in [0.25, 0.3) is 10.4 Å². The highest BCUT2D eigenvalue weighted by molar-refractivity contribution is 8.45. The Hall–Kier alpha value is -1.54. The fourth-order valence-electron chi connectivity index (χ4n) is 0.801. The Labute approximate surface area is 80.1 Å². The molecule has 0 saturated carbocycles. The zero-order valence-corrected chi connectivity index (χ0v) is 7.64. The van der Waals surface area contributed by atoms with Crippen molar-refractivity contribution in [3.63, 3.8) is 0 Å². The van der Waals surface area contributed by atoms with E-state index < -0.39 is 20.9 Å². The molecule has 10 heteroatoms. The van der Waals surface area contributed by atoms with Crippen molar-refractivity contribution in [2.24, 2.45) is 5.11 Å². The number of aromatic nitrogens is 1. The SMILES string of the molecule is [N-]=[N+]=Nc1ncccc1S(F)(F)(F)(F)F. The molecule has 0 saturated heterocycles. The van der Waals surface area contributed by atoms with Crippen molar-refractivity contribution in [3.8, 4) is 0 Å². The molecular weight excluding hydrogens is 243 g/mol. The predicted octanol–water partition coefficient (Wildman–Crippen LogP) is 4.68. The summed E-state index contributed by atoms with van der Waals surface area (Å²) in [5, 5.41) is 2.46. The normalized spacial score (nSPS) is 16.1. The largest absolute Gasteiger partial charge is 0.312 e. The van der Waals surface area contributed by atoms with E-state index in [0.717, 1.165) is 6.20 Å². The van der Waals surface area contributed by atoms with Gasteiger partial charge in [0.05, 0.1) is 0 Å². The van der Waals surface area contributed by atoms with Gasteiger partial charge in [-0.05, 0) is 22.8 Å². The number of pyridine rings is 1. The van der Waals surface area contributed by atoms with Crippen LogP contribution in [0, 0.1) is 0 Å². The van der Waals surface area contributed by atoms with Crippen molar-refractivity contribution in [1.29, 1.82) is 0 Å². The van der Waals surface area contributed by atoms with Gasteiger partial charge in [0.15, 0.2) is 0 Å². The molecule has 0 aliphatic carbocycles. The highest BCUT2D eigenvalue weighted by Crippen LogP contribution is 3.02. The lowest BCUT2D eigenvalue weighted by Crippen LogP contribution is -2.06. The van der Waals surface area contributed by atoms with Crippen LogP contribution in [0.5, 0.6) is 0 Å². The third-order valence-corrected chi connectivity index (χ3v) is 2.46. The maximum atomic E-state index is 12.3. The van der Waals surface area contributed by atoms with E-state index in [9.17, 15) is 19.4 Å². The molecule has 0 radical (unpaired) electrons. The number of rotatable bonds is 2. The Morgan fingerprint density at radius 2 is 1.87 bits per heavy atom. The Balaban J connectivity index is 3.60. The van der Waals surface area contributed by atoms with Gasteiger partial charge < -0.3 is 0 Å². The molecular formula is C5H3F5N4S. The molecule has 0 atom stereocenters. The predicted molar refractivity (Wildman–Crippen MR) is 44.4 cm³/mol. The van der Waals surface area contributed by atoms with E-state index in [4.69, 9.17) is 5.53 Å². The van der Waals surface area contributed by atoms with Gasteiger partial charge in [-0.3, -0.25) is 4.98 Å². The van der Waals surface area contributed by atoms with Crippen LogP contribution in [0.1, 0.15) is 0 Å². The van der Waals surface area contributed by atoms with E-state index in [1.54, 1.807) is 0 Å². The van der Waals surface area contributed by atoms with Gasteiger partial charge in [-0.15, -0.1) is 0 Å². The van der Waals surface area contributed by atoms with Gasteiger partial charge in [0, 0.05) is 11.1 Å². The molecule has 0 fully saturated rings.